The van der Waals surface area contributed by atoms with Gasteiger partial charge in [-0.1, -0.05) is 0 Å². The molecule has 0 amide bonds. The zero-order chi connectivity index (χ0) is 16.8. The maximum absolute atomic E-state index is 11.7. The third kappa shape index (κ3) is 5.72. The first-order valence-corrected chi connectivity index (χ1v) is 8.57. The first-order chi connectivity index (χ1) is 11.0. The summed E-state index contributed by atoms with van der Waals surface area (Å²) < 4.78 is 16.4. The number of likely N-dealkylation sites (N-methyl/N-ethyl adjacent to an activating group) is 1. The number of carbonyl (C=O) groups is 1. The zero-order valence-corrected chi connectivity index (χ0v) is 14.1. The van der Waals surface area contributed by atoms with Crippen molar-refractivity contribution in [2.45, 2.75) is 57.3 Å². The Morgan fingerprint density at radius 1 is 1.30 bits per heavy atom. The van der Waals surface area contributed by atoms with Gasteiger partial charge < -0.3 is 24.8 Å². The minimum absolute atomic E-state index is 0.0350. The van der Waals surface area contributed by atoms with Crippen molar-refractivity contribution in [1.82, 2.24) is 4.90 Å². The lowest BCUT2D eigenvalue weighted by Crippen LogP contribution is -2.35. The minimum Gasteiger partial charge on any atom is -0.466 e. The van der Waals surface area contributed by atoms with Crippen LogP contribution >= 0.6 is 0 Å². The van der Waals surface area contributed by atoms with E-state index in [1.807, 2.05) is 14.0 Å². The Hall–Kier alpha value is -0.665. The quantitative estimate of drug-likeness (QED) is 0.507. The van der Waals surface area contributed by atoms with Crippen LogP contribution in [0.4, 0.5) is 0 Å². The SMILES string of the molecule is CCOC(=O)[C@H]1CC[C@H](OC[C@@H]2C[C@@H](OB(N)O)CN2C)CC1. The smallest absolute Gasteiger partial charge is 0.466 e. The molecule has 2 fully saturated rings. The van der Waals surface area contributed by atoms with E-state index in [2.05, 4.69) is 4.90 Å². The summed E-state index contributed by atoms with van der Waals surface area (Å²) in [6.45, 7) is 3.68. The number of rotatable bonds is 7. The van der Waals surface area contributed by atoms with E-state index in [-0.39, 0.29) is 30.1 Å². The molecule has 2 aliphatic rings. The highest BCUT2D eigenvalue weighted by atomic mass is 16.5. The Labute approximate surface area is 138 Å². The van der Waals surface area contributed by atoms with Gasteiger partial charge in [-0.2, -0.15) is 0 Å². The van der Waals surface area contributed by atoms with Crippen LogP contribution in [0.1, 0.15) is 39.0 Å². The van der Waals surface area contributed by atoms with Crippen molar-refractivity contribution >= 4 is 13.2 Å². The topological polar surface area (TPSA) is 94.2 Å². The van der Waals surface area contributed by atoms with Crippen molar-refractivity contribution in [1.29, 1.82) is 0 Å². The molecule has 0 spiro atoms. The number of nitrogens with zero attached hydrogens (tertiary/aromatic N) is 1. The van der Waals surface area contributed by atoms with Crippen molar-refractivity contribution in [3.05, 3.63) is 0 Å². The Bertz CT molecular complexity index is 377. The summed E-state index contributed by atoms with van der Waals surface area (Å²) >= 11 is 0. The molecule has 3 N–H and O–H groups in total. The largest absolute Gasteiger partial charge is 0.549 e. The second kappa shape index (κ2) is 8.99. The van der Waals surface area contributed by atoms with E-state index in [9.17, 15) is 4.79 Å². The zero-order valence-electron chi connectivity index (χ0n) is 14.1. The Morgan fingerprint density at radius 2 is 2.00 bits per heavy atom. The normalized spacial score (nSPS) is 32.0. The van der Waals surface area contributed by atoms with Crippen LogP contribution in [0.15, 0.2) is 0 Å². The predicted molar refractivity (Wildman–Crippen MR) is 86.4 cm³/mol. The van der Waals surface area contributed by atoms with Gasteiger partial charge in [0, 0.05) is 12.6 Å². The highest BCUT2D eigenvalue weighted by Gasteiger charge is 2.33. The fourth-order valence-corrected chi connectivity index (χ4v) is 3.49. The summed E-state index contributed by atoms with van der Waals surface area (Å²) in [5.41, 5.74) is 5.26. The van der Waals surface area contributed by atoms with Gasteiger partial charge in [-0.25, -0.2) is 0 Å². The van der Waals surface area contributed by atoms with Crippen molar-refractivity contribution in [2.75, 3.05) is 26.8 Å². The Kier molecular flexibility index (Phi) is 7.29. The molecular weight excluding hydrogens is 299 g/mol. The fraction of sp³-hybridized carbons (Fsp3) is 0.933. The molecule has 0 bridgehead atoms. The molecule has 0 aromatic heterocycles. The first-order valence-electron chi connectivity index (χ1n) is 8.57. The fourth-order valence-electron chi connectivity index (χ4n) is 3.49. The Morgan fingerprint density at radius 3 is 2.61 bits per heavy atom. The molecule has 1 saturated carbocycles. The van der Waals surface area contributed by atoms with Crippen LogP contribution in [0.2, 0.25) is 0 Å². The summed E-state index contributed by atoms with van der Waals surface area (Å²) in [5.74, 6) is -0.0328. The molecule has 1 aliphatic heterocycles. The molecule has 132 valence electrons. The maximum atomic E-state index is 11.7. The number of esters is 1. The number of ether oxygens (including phenoxy) is 2. The molecule has 0 aromatic carbocycles. The number of hydrogen-bond acceptors (Lipinski definition) is 7. The summed E-state index contributed by atoms with van der Waals surface area (Å²) in [6, 6.07) is 0.279. The van der Waals surface area contributed by atoms with E-state index >= 15 is 0 Å². The average molecular weight is 328 g/mol. The van der Waals surface area contributed by atoms with Gasteiger partial charge in [0.25, 0.3) is 0 Å². The summed E-state index contributed by atoms with van der Waals surface area (Å²) in [4.78, 5) is 13.9. The predicted octanol–water partition coefficient (Wildman–Crippen LogP) is 0.150. The molecule has 0 radical (unpaired) electrons. The van der Waals surface area contributed by atoms with E-state index in [4.69, 9.17) is 24.8 Å². The molecule has 2 rings (SSSR count). The highest BCUT2D eigenvalue weighted by Crippen LogP contribution is 2.28. The van der Waals surface area contributed by atoms with Gasteiger partial charge in [-0.15, -0.1) is 0 Å². The van der Waals surface area contributed by atoms with Gasteiger partial charge in [-0.05, 0) is 46.1 Å². The van der Waals surface area contributed by atoms with Gasteiger partial charge in [0.2, 0.25) is 0 Å². The van der Waals surface area contributed by atoms with Crippen LogP contribution in [0.3, 0.4) is 0 Å². The number of carbonyl (C=O) groups excluding carboxylic acids is 1. The number of likely N-dealkylation sites (tertiary alicyclic amines) is 1. The number of hydrogen-bond donors (Lipinski definition) is 2. The molecule has 8 heteroatoms. The lowest BCUT2D eigenvalue weighted by molar-refractivity contribution is -0.150. The molecule has 1 saturated heterocycles. The van der Waals surface area contributed by atoms with Crippen molar-refractivity contribution in [2.24, 2.45) is 11.6 Å². The molecule has 2 atom stereocenters. The second-order valence-corrected chi connectivity index (χ2v) is 6.54. The minimum atomic E-state index is -1.22. The van der Waals surface area contributed by atoms with E-state index in [0.717, 1.165) is 38.6 Å². The average Bonchev–Trinajstić information content (AvgIpc) is 2.85. The molecule has 0 aromatic rings. The maximum Gasteiger partial charge on any atom is 0.549 e. The molecule has 1 heterocycles. The lowest BCUT2D eigenvalue weighted by atomic mass is 9.87. The first kappa shape index (κ1) is 18.7. The van der Waals surface area contributed by atoms with Crippen molar-refractivity contribution in [3.8, 4) is 0 Å². The lowest BCUT2D eigenvalue weighted by Gasteiger charge is -2.29. The van der Waals surface area contributed by atoms with Crippen LogP contribution < -0.4 is 5.64 Å². The second-order valence-electron chi connectivity index (χ2n) is 6.54. The van der Waals surface area contributed by atoms with Crippen molar-refractivity contribution in [3.63, 3.8) is 0 Å². The number of nitrogens with two attached hydrogens (primary N) is 1. The summed E-state index contributed by atoms with van der Waals surface area (Å²) in [7, 11) is 0.809. The standard InChI is InChI=1S/C15H29BN2O5/c1-3-21-15(19)11-4-6-13(7-5-11)22-10-12-8-14(9-18(12)2)23-16(17)20/h11-14,20H,3-10,17H2,1-2H3/t11-,12-,13-,14+/m0/s1. The van der Waals surface area contributed by atoms with Crippen LogP contribution in [0.5, 0.6) is 0 Å². The van der Waals surface area contributed by atoms with Crippen LogP contribution in [-0.2, 0) is 18.9 Å². The van der Waals surface area contributed by atoms with Crippen molar-refractivity contribution < 1.29 is 23.9 Å². The molecule has 7 nitrogen and oxygen atoms in total. The van der Waals surface area contributed by atoms with Gasteiger partial charge >= 0.3 is 13.2 Å². The summed E-state index contributed by atoms with van der Waals surface area (Å²) in [6.07, 6.45) is 4.47. The van der Waals surface area contributed by atoms with E-state index in [1.165, 1.54) is 0 Å². The van der Waals surface area contributed by atoms with Gasteiger partial charge in [0.1, 0.15) is 0 Å². The molecule has 1 aliphatic carbocycles. The van der Waals surface area contributed by atoms with Crippen LogP contribution in [-0.4, -0.2) is 68.2 Å². The van der Waals surface area contributed by atoms with E-state index in [1.54, 1.807) is 0 Å². The third-order valence-corrected chi connectivity index (χ3v) is 4.80. The Balaban J connectivity index is 1.66. The van der Waals surface area contributed by atoms with E-state index < -0.39 is 7.25 Å². The molecule has 23 heavy (non-hydrogen) atoms. The van der Waals surface area contributed by atoms with Gasteiger partial charge in [0.15, 0.2) is 0 Å². The van der Waals surface area contributed by atoms with Gasteiger partial charge in [0.05, 0.1) is 31.3 Å². The van der Waals surface area contributed by atoms with Gasteiger partial charge in [-0.3, -0.25) is 9.69 Å². The third-order valence-electron chi connectivity index (χ3n) is 4.80. The van der Waals surface area contributed by atoms with Crippen LogP contribution in [0, 0.1) is 5.92 Å². The molecule has 0 unspecified atom stereocenters. The summed E-state index contributed by atoms with van der Waals surface area (Å²) in [5, 5.41) is 9.09. The van der Waals surface area contributed by atoms with Crippen LogP contribution in [0.25, 0.3) is 0 Å². The molecular formula is C15H29BN2O5. The monoisotopic (exact) mass is 328 g/mol. The highest BCUT2D eigenvalue weighted by molar-refractivity contribution is 6.38. The van der Waals surface area contributed by atoms with E-state index in [0.29, 0.717) is 13.2 Å².